The Kier molecular flexibility index (Phi) is 7.97. The lowest BCUT2D eigenvalue weighted by atomic mass is 9.73. The monoisotopic (exact) mass is 423 g/mol. The maximum absolute atomic E-state index is 13.8. The van der Waals surface area contributed by atoms with Gasteiger partial charge in [0.15, 0.2) is 0 Å². The van der Waals surface area contributed by atoms with Crippen LogP contribution in [-0.2, 0) is 4.79 Å². The van der Waals surface area contributed by atoms with E-state index in [0.717, 1.165) is 12.8 Å². The Balaban J connectivity index is 1.85. The summed E-state index contributed by atoms with van der Waals surface area (Å²) >= 11 is 0. The van der Waals surface area contributed by atoms with Gasteiger partial charge in [-0.25, -0.2) is 4.39 Å². The lowest BCUT2D eigenvalue weighted by Crippen LogP contribution is -2.40. The van der Waals surface area contributed by atoms with Crippen LogP contribution in [0, 0.1) is 11.8 Å². The Hall–Kier alpha value is -1.40. The second-order valence-corrected chi connectivity index (χ2v) is 9.66. The maximum atomic E-state index is 13.8. The van der Waals surface area contributed by atoms with Gasteiger partial charge in [0.2, 0.25) is 0 Å². The van der Waals surface area contributed by atoms with E-state index in [4.69, 9.17) is 5.11 Å². The van der Waals surface area contributed by atoms with Crippen molar-refractivity contribution in [1.82, 2.24) is 4.90 Å². The molecular formula is C24H38FNO4. The number of hydrogen-bond acceptors (Lipinski definition) is 4. The highest BCUT2D eigenvalue weighted by Crippen LogP contribution is 2.49. The number of carbonyl (C=O) groups is 1. The molecule has 0 spiro atoms. The van der Waals surface area contributed by atoms with Crippen molar-refractivity contribution >= 4 is 5.97 Å². The summed E-state index contributed by atoms with van der Waals surface area (Å²) in [7, 11) is 0. The third-order valence-electron chi connectivity index (χ3n) is 7.11. The van der Waals surface area contributed by atoms with Crippen molar-refractivity contribution in [3.05, 3.63) is 23.4 Å². The minimum atomic E-state index is -1.07. The number of halogens is 1. The SMILES string of the molecule is CC(C)N1C(C=CC(O)CC(O)CC(=O)O)=C(C2CCC(F)CC2)C2CCCCC21. The average Bonchev–Trinajstić information content (AvgIpc) is 3.00. The first-order chi connectivity index (χ1) is 14.3. The molecule has 0 radical (unpaired) electrons. The van der Waals surface area contributed by atoms with Gasteiger partial charge in [0.05, 0.1) is 18.6 Å². The van der Waals surface area contributed by atoms with Crippen LogP contribution in [0.4, 0.5) is 4.39 Å². The molecule has 0 saturated heterocycles. The summed E-state index contributed by atoms with van der Waals surface area (Å²) < 4.78 is 13.8. The van der Waals surface area contributed by atoms with Crippen molar-refractivity contribution < 1.29 is 24.5 Å². The van der Waals surface area contributed by atoms with Crippen LogP contribution >= 0.6 is 0 Å². The predicted molar refractivity (Wildman–Crippen MR) is 115 cm³/mol. The Morgan fingerprint density at radius 2 is 1.80 bits per heavy atom. The van der Waals surface area contributed by atoms with E-state index in [2.05, 4.69) is 18.7 Å². The van der Waals surface area contributed by atoms with E-state index in [1.807, 2.05) is 6.08 Å². The van der Waals surface area contributed by atoms with E-state index >= 15 is 0 Å². The first-order valence-electron chi connectivity index (χ1n) is 11.7. The van der Waals surface area contributed by atoms with Crippen LogP contribution in [0.5, 0.6) is 0 Å². The van der Waals surface area contributed by atoms with Gasteiger partial charge < -0.3 is 20.2 Å². The lowest BCUT2D eigenvalue weighted by molar-refractivity contribution is -0.139. The molecule has 1 heterocycles. The highest BCUT2D eigenvalue weighted by Gasteiger charge is 2.44. The Morgan fingerprint density at radius 1 is 1.13 bits per heavy atom. The summed E-state index contributed by atoms with van der Waals surface area (Å²) in [6.45, 7) is 4.40. The molecule has 1 aliphatic heterocycles. The summed E-state index contributed by atoms with van der Waals surface area (Å²) in [5.41, 5.74) is 2.63. The van der Waals surface area contributed by atoms with Crippen molar-refractivity contribution in [2.45, 2.75) is 109 Å². The van der Waals surface area contributed by atoms with Gasteiger partial charge in [-0.15, -0.1) is 0 Å². The van der Waals surface area contributed by atoms with Gasteiger partial charge in [0.1, 0.15) is 6.17 Å². The largest absolute Gasteiger partial charge is 0.481 e. The van der Waals surface area contributed by atoms with E-state index in [1.165, 1.54) is 37.0 Å². The quantitative estimate of drug-likeness (QED) is 0.545. The number of aliphatic hydroxyl groups is 2. The summed E-state index contributed by atoms with van der Waals surface area (Å²) in [6, 6.07) is 0.811. The molecule has 2 saturated carbocycles. The second kappa shape index (κ2) is 10.3. The second-order valence-electron chi connectivity index (χ2n) is 9.66. The number of alkyl halides is 1. The molecule has 30 heavy (non-hydrogen) atoms. The molecule has 3 N–H and O–H groups in total. The van der Waals surface area contributed by atoms with Gasteiger partial charge in [0, 0.05) is 30.1 Å². The van der Waals surface area contributed by atoms with E-state index in [9.17, 15) is 19.4 Å². The number of nitrogens with zero attached hydrogens (tertiary/aromatic N) is 1. The van der Waals surface area contributed by atoms with Crippen molar-refractivity contribution in [2.75, 3.05) is 0 Å². The number of hydrogen-bond donors (Lipinski definition) is 3. The molecule has 0 aromatic carbocycles. The highest BCUT2D eigenvalue weighted by molar-refractivity contribution is 5.67. The zero-order valence-corrected chi connectivity index (χ0v) is 18.3. The van der Waals surface area contributed by atoms with Gasteiger partial charge in [-0.05, 0) is 69.9 Å². The fourth-order valence-electron chi connectivity index (χ4n) is 5.89. The number of carboxylic acid groups (broad SMARTS) is 1. The van der Waals surface area contributed by atoms with Gasteiger partial charge in [0.25, 0.3) is 0 Å². The first-order valence-corrected chi connectivity index (χ1v) is 11.7. The fraction of sp³-hybridized carbons (Fsp3) is 0.792. The molecule has 4 atom stereocenters. The van der Waals surface area contributed by atoms with Crippen molar-refractivity contribution in [3.8, 4) is 0 Å². The summed E-state index contributed by atoms with van der Waals surface area (Å²) in [5, 5.41) is 29.0. The van der Waals surface area contributed by atoms with E-state index in [1.54, 1.807) is 6.08 Å². The molecular weight excluding hydrogens is 385 g/mol. The third kappa shape index (κ3) is 5.44. The van der Waals surface area contributed by atoms with Crippen molar-refractivity contribution in [2.24, 2.45) is 11.8 Å². The van der Waals surface area contributed by atoms with Crippen LogP contribution < -0.4 is 0 Å². The fourth-order valence-corrected chi connectivity index (χ4v) is 5.89. The average molecular weight is 424 g/mol. The lowest BCUT2D eigenvalue weighted by Gasteiger charge is -2.38. The highest BCUT2D eigenvalue weighted by atomic mass is 19.1. The van der Waals surface area contributed by atoms with Crippen LogP contribution in [0.1, 0.15) is 78.1 Å². The van der Waals surface area contributed by atoms with Crippen LogP contribution in [0.25, 0.3) is 0 Å². The number of aliphatic carboxylic acids is 1. The van der Waals surface area contributed by atoms with Crippen LogP contribution in [0.15, 0.2) is 23.4 Å². The third-order valence-corrected chi connectivity index (χ3v) is 7.11. The molecule has 3 aliphatic rings. The minimum absolute atomic E-state index is 0.00685. The molecule has 0 amide bonds. The van der Waals surface area contributed by atoms with Crippen LogP contribution in [0.2, 0.25) is 0 Å². The maximum Gasteiger partial charge on any atom is 0.305 e. The normalized spacial score (nSPS) is 32.0. The molecule has 0 aromatic heterocycles. The smallest absolute Gasteiger partial charge is 0.305 e. The predicted octanol–water partition coefficient (Wildman–Crippen LogP) is 4.19. The molecule has 0 bridgehead atoms. The number of fused-ring (bicyclic) bond motifs is 1. The van der Waals surface area contributed by atoms with E-state index in [0.29, 0.717) is 36.8 Å². The first kappa shape index (κ1) is 23.3. The number of rotatable bonds is 8. The zero-order valence-electron chi connectivity index (χ0n) is 18.3. The molecule has 3 rings (SSSR count). The summed E-state index contributed by atoms with van der Waals surface area (Å²) in [4.78, 5) is 13.3. The van der Waals surface area contributed by atoms with Gasteiger partial charge >= 0.3 is 5.97 Å². The Morgan fingerprint density at radius 3 is 2.43 bits per heavy atom. The number of aliphatic hydroxyl groups excluding tert-OH is 2. The van der Waals surface area contributed by atoms with Gasteiger partial charge in [-0.3, -0.25) is 4.79 Å². The van der Waals surface area contributed by atoms with Crippen LogP contribution in [0.3, 0.4) is 0 Å². The van der Waals surface area contributed by atoms with Crippen molar-refractivity contribution in [3.63, 3.8) is 0 Å². The molecule has 6 heteroatoms. The molecule has 170 valence electrons. The van der Waals surface area contributed by atoms with Crippen LogP contribution in [-0.4, -0.2) is 56.7 Å². The van der Waals surface area contributed by atoms with E-state index < -0.39 is 24.3 Å². The number of allylic oxidation sites excluding steroid dienone is 1. The summed E-state index contributed by atoms with van der Waals surface area (Å²) in [5.74, 6) is -0.157. The zero-order chi connectivity index (χ0) is 21.8. The van der Waals surface area contributed by atoms with Crippen molar-refractivity contribution in [1.29, 1.82) is 0 Å². The standard InChI is InChI=1S/C24H38FNO4/c1-15(2)26-21-6-4-3-5-20(21)24(16-7-9-17(25)10-8-16)22(26)12-11-18(27)13-19(28)14-23(29)30/h11-12,15-21,27-28H,3-10,13-14H2,1-2H3,(H,29,30). The molecule has 0 aromatic rings. The summed E-state index contributed by atoms with van der Waals surface area (Å²) in [6.07, 6.45) is 8.55. The number of carboxylic acids is 1. The molecule has 4 unspecified atom stereocenters. The van der Waals surface area contributed by atoms with E-state index in [-0.39, 0.29) is 12.8 Å². The molecule has 2 aliphatic carbocycles. The minimum Gasteiger partial charge on any atom is -0.481 e. The molecule has 5 nitrogen and oxygen atoms in total. The Labute approximate surface area is 179 Å². The topological polar surface area (TPSA) is 81.0 Å². The Bertz CT molecular complexity index is 654. The van der Waals surface area contributed by atoms with Gasteiger partial charge in [-0.2, -0.15) is 0 Å². The van der Waals surface area contributed by atoms with Gasteiger partial charge in [-0.1, -0.05) is 18.9 Å². The molecule has 2 fully saturated rings.